The van der Waals surface area contributed by atoms with Gasteiger partial charge in [0.1, 0.15) is 31.1 Å². The second kappa shape index (κ2) is 7.52. The van der Waals surface area contributed by atoms with Crippen molar-refractivity contribution in [2.24, 2.45) is 5.41 Å². The first-order chi connectivity index (χ1) is 13.9. The highest BCUT2D eigenvalue weighted by molar-refractivity contribution is 5.66. The molecule has 2 aromatic rings. The van der Waals surface area contributed by atoms with Crippen molar-refractivity contribution in [2.75, 3.05) is 18.9 Å². The number of nitrogens with zero attached hydrogens (tertiary/aromatic N) is 4. The van der Waals surface area contributed by atoms with Crippen molar-refractivity contribution in [2.45, 2.75) is 57.2 Å². The zero-order chi connectivity index (χ0) is 20.5. The molecule has 0 spiro atoms. The largest absolute Gasteiger partial charge is 0.508 e. The van der Waals surface area contributed by atoms with Crippen molar-refractivity contribution in [3.05, 3.63) is 24.2 Å². The molecule has 0 radical (unpaired) electrons. The number of nitrogen functional groups attached to an aromatic ring is 1. The number of hydrogen-bond acceptors (Lipinski definition) is 8. The molecule has 2 fully saturated rings. The second-order valence-electron chi connectivity index (χ2n) is 8.25. The number of ether oxygens (including phenoxy) is 3. The lowest BCUT2D eigenvalue weighted by atomic mass is 9.90. The van der Waals surface area contributed by atoms with Crippen molar-refractivity contribution in [3.63, 3.8) is 0 Å². The van der Waals surface area contributed by atoms with E-state index >= 15 is 0 Å². The van der Waals surface area contributed by atoms with Crippen molar-refractivity contribution >= 4 is 17.5 Å². The Morgan fingerprint density at radius 2 is 2.17 bits per heavy atom. The number of carbonyl (C=O) groups excluding carboxylic acids is 1. The molecule has 3 heterocycles. The van der Waals surface area contributed by atoms with Crippen molar-refractivity contribution < 1.29 is 19.0 Å². The number of fused-ring (bicyclic) bond motifs is 1. The van der Waals surface area contributed by atoms with Gasteiger partial charge in [-0.3, -0.25) is 0 Å². The van der Waals surface area contributed by atoms with Gasteiger partial charge in [-0.15, -0.1) is 0 Å². The van der Waals surface area contributed by atoms with Crippen LogP contribution in [0.25, 0.3) is 5.52 Å². The first-order valence-corrected chi connectivity index (χ1v) is 9.92. The third-order valence-electron chi connectivity index (χ3n) is 6.00. The summed E-state index contributed by atoms with van der Waals surface area (Å²) in [6.45, 7) is 2.54. The normalized spacial score (nSPS) is 25.7. The molecule has 9 heteroatoms. The van der Waals surface area contributed by atoms with E-state index in [2.05, 4.69) is 23.1 Å². The van der Waals surface area contributed by atoms with Crippen molar-refractivity contribution in [1.29, 1.82) is 5.26 Å². The van der Waals surface area contributed by atoms with Gasteiger partial charge in [0.15, 0.2) is 11.4 Å². The number of rotatable bonds is 5. The van der Waals surface area contributed by atoms with Crippen LogP contribution in [0.15, 0.2) is 18.5 Å². The molecular formula is C20H25N5O4. The molecule has 154 valence electrons. The lowest BCUT2D eigenvalue weighted by molar-refractivity contribution is -0.0497. The maximum atomic E-state index is 12.0. The molecule has 2 aromatic heterocycles. The van der Waals surface area contributed by atoms with Crippen molar-refractivity contribution in [3.8, 4) is 6.07 Å². The van der Waals surface area contributed by atoms with Crippen LogP contribution in [0.2, 0.25) is 0 Å². The number of carbonyl (C=O) groups is 1. The van der Waals surface area contributed by atoms with Crippen molar-refractivity contribution in [1.82, 2.24) is 14.6 Å². The quantitative estimate of drug-likeness (QED) is 0.761. The number of anilines is 1. The van der Waals surface area contributed by atoms with Crippen LogP contribution in [-0.4, -0.2) is 40.1 Å². The summed E-state index contributed by atoms with van der Waals surface area (Å²) in [6, 6.07) is 5.79. The van der Waals surface area contributed by atoms with Crippen LogP contribution in [0.3, 0.4) is 0 Å². The van der Waals surface area contributed by atoms with E-state index in [9.17, 15) is 10.1 Å². The lowest BCUT2D eigenvalue weighted by Crippen LogP contribution is -2.29. The molecule has 2 aliphatic rings. The highest BCUT2D eigenvalue weighted by Crippen LogP contribution is 2.40. The molecular weight excluding hydrogens is 374 g/mol. The Bertz CT molecular complexity index is 946. The van der Waals surface area contributed by atoms with Gasteiger partial charge in [-0.1, -0.05) is 19.8 Å². The summed E-state index contributed by atoms with van der Waals surface area (Å²) >= 11 is 0. The number of nitrogens with two attached hydrogens (primary N) is 1. The molecule has 9 nitrogen and oxygen atoms in total. The number of nitriles is 1. The maximum absolute atomic E-state index is 12.0. The predicted molar refractivity (Wildman–Crippen MR) is 103 cm³/mol. The van der Waals surface area contributed by atoms with E-state index in [1.807, 2.05) is 0 Å². The van der Waals surface area contributed by atoms with Gasteiger partial charge in [0.2, 0.25) is 0 Å². The average Bonchev–Trinajstić information content (AvgIpc) is 3.44. The van der Waals surface area contributed by atoms with Gasteiger partial charge in [-0.05, 0) is 37.8 Å². The van der Waals surface area contributed by atoms with Gasteiger partial charge < -0.3 is 19.9 Å². The molecule has 1 aliphatic carbocycles. The van der Waals surface area contributed by atoms with Crippen LogP contribution < -0.4 is 5.73 Å². The Kier molecular flexibility index (Phi) is 5.04. The lowest BCUT2D eigenvalue weighted by Gasteiger charge is -2.23. The van der Waals surface area contributed by atoms with Gasteiger partial charge in [-0.25, -0.2) is 14.3 Å². The molecule has 2 N–H and O–H groups in total. The fourth-order valence-corrected chi connectivity index (χ4v) is 4.28. The predicted octanol–water partition coefficient (Wildman–Crippen LogP) is 2.94. The van der Waals surface area contributed by atoms with Crippen LogP contribution in [0.5, 0.6) is 0 Å². The minimum Gasteiger partial charge on any atom is -0.434 e. The van der Waals surface area contributed by atoms with Gasteiger partial charge >= 0.3 is 6.16 Å². The summed E-state index contributed by atoms with van der Waals surface area (Å²) in [7, 11) is 0. The monoisotopic (exact) mass is 399 g/mol. The van der Waals surface area contributed by atoms with Crippen LogP contribution in [0.1, 0.15) is 51.1 Å². The molecule has 29 heavy (non-hydrogen) atoms. The van der Waals surface area contributed by atoms with Crippen LogP contribution in [-0.2, 0) is 19.8 Å². The summed E-state index contributed by atoms with van der Waals surface area (Å²) < 4.78 is 18.1. The highest BCUT2D eigenvalue weighted by atomic mass is 16.7. The third kappa shape index (κ3) is 3.72. The first-order valence-electron chi connectivity index (χ1n) is 9.92. The molecule has 0 amide bonds. The van der Waals surface area contributed by atoms with E-state index in [1.54, 1.807) is 16.6 Å². The summed E-state index contributed by atoms with van der Waals surface area (Å²) in [6.07, 6.45) is 5.77. The standard InChI is InChI=1S/C20H25N5O4/c1-19(7-2-3-8-19)12-28-18(26)27-10-14-6-9-20(11-21,29-14)16-5-4-15-17(22)23-13-24-25(15)16/h4-5,13-14H,2-3,6-10,12H2,1H3,(H2,22,23,24)/t14-,20-/m0/s1. The Hall–Kier alpha value is -2.86. The molecule has 0 bridgehead atoms. The smallest absolute Gasteiger partial charge is 0.434 e. The van der Waals surface area contributed by atoms with E-state index in [1.165, 1.54) is 19.2 Å². The Labute approximate surface area is 168 Å². The van der Waals surface area contributed by atoms with E-state index in [0.29, 0.717) is 36.5 Å². The van der Waals surface area contributed by atoms with Crippen LogP contribution >= 0.6 is 0 Å². The second-order valence-corrected chi connectivity index (χ2v) is 8.25. The Balaban J connectivity index is 1.36. The maximum Gasteiger partial charge on any atom is 0.508 e. The van der Waals surface area contributed by atoms with E-state index < -0.39 is 17.9 Å². The molecule has 4 rings (SSSR count). The number of aromatic nitrogens is 3. The fourth-order valence-electron chi connectivity index (χ4n) is 4.28. The van der Waals surface area contributed by atoms with E-state index in [-0.39, 0.29) is 12.0 Å². The summed E-state index contributed by atoms with van der Waals surface area (Å²) in [5.41, 5.74) is 5.95. The van der Waals surface area contributed by atoms with Gasteiger partial charge in [-0.2, -0.15) is 10.4 Å². The summed E-state index contributed by atoms with van der Waals surface area (Å²) in [5, 5.41) is 14.0. The first kappa shape index (κ1) is 19.5. The van der Waals surface area contributed by atoms with E-state index in [4.69, 9.17) is 19.9 Å². The Morgan fingerprint density at radius 3 is 2.93 bits per heavy atom. The van der Waals surface area contributed by atoms with Crippen LogP contribution in [0.4, 0.5) is 10.6 Å². The minimum absolute atomic E-state index is 0.0411. The molecule has 0 unspecified atom stereocenters. The van der Waals surface area contributed by atoms with E-state index in [0.717, 1.165) is 12.8 Å². The summed E-state index contributed by atoms with van der Waals surface area (Å²) in [5.74, 6) is 0.330. The van der Waals surface area contributed by atoms with Gasteiger partial charge in [0.05, 0.1) is 11.8 Å². The minimum atomic E-state index is -1.18. The molecule has 1 aliphatic heterocycles. The van der Waals surface area contributed by atoms with Gasteiger partial charge in [0, 0.05) is 5.41 Å². The Morgan fingerprint density at radius 1 is 1.38 bits per heavy atom. The zero-order valence-corrected chi connectivity index (χ0v) is 16.5. The molecule has 1 saturated carbocycles. The third-order valence-corrected chi connectivity index (χ3v) is 6.00. The zero-order valence-electron chi connectivity index (χ0n) is 16.5. The topological polar surface area (TPSA) is 125 Å². The van der Waals surface area contributed by atoms with Gasteiger partial charge in [0.25, 0.3) is 0 Å². The highest BCUT2D eigenvalue weighted by Gasteiger charge is 2.45. The molecule has 0 aromatic carbocycles. The molecule has 2 atom stereocenters. The number of hydrogen-bond donors (Lipinski definition) is 1. The average molecular weight is 399 g/mol. The van der Waals surface area contributed by atoms with Crippen LogP contribution in [0, 0.1) is 16.7 Å². The fraction of sp³-hybridized carbons (Fsp3) is 0.600. The summed E-state index contributed by atoms with van der Waals surface area (Å²) in [4.78, 5) is 15.9. The molecule has 1 saturated heterocycles. The SMILES string of the molecule is CC1(COC(=O)OC[C@@H]2CC[C@](C#N)(c3ccc4c(N)ncnn34)O2)CCCC1.